The van der Waals surface area contributed by atoms with E-state index in [1.807, 2.05) is 80.9 Å². The number of rotatable bonds is 6. The predicted octanol–water partition coefficient (Wildman–Crippen LogP) is 4.45. The van der Waals surface area contributed by atoms with Crippen molar-refractivity contribution < 1.29 is 4.74 Å². The fourth-order valence-electron chi connectivity index (χ4n) is 2.68. The molecule has 134 valence electrons. The summed E-state index contributed by atoms with van der Waals surface area (Å²) in [5.74, 6) is 6.51. The van der Waals surface area contributed by atoms with Crippen molar-refractivity contribution in [3.8, 4) is 11.6 Å². The van der Waals surface area contributed by atoms with Gasteiger partial charge in [-0.2, -0.15) is 0 Å². The van der Waals surface area contributed by atoms with Crippen LogP contribution in [0.3, 0.4) is 0 Å². The molecule has 0 fully saturated rings. The lowest BCUT2D eigenvalue weighted by Crippen LogP contribution is -2.26. The summed E-state index contributed by atoms with van der Waals surface area (Å²) in [7, 11) is 1.81. The topological polar surface area (TPSA) is 56.3 Å². The molecule has 0 saturated carbocycles. The molecule has 1 aromatic heterocycles. The van der Waals surface area contributed by atoms with Crippen LogP contribution in [0.25, 0.3) is 11.8 Å². The number of aromatic nitrogens is 2. The maximum Gasteiger partial charge on any atom is 0.233 e. The van der Waals surface area contributed by atoms with Crippen LogP contribution < -0.4 is 15.6 Å². The van der Waals surface area contributed by atoms with Gasteiger partial charge in [0.25, 0.3) is 0 Å². The van der Waals surface area contributed by atoms with Crippen molar-refractivity contribution in [1.82, 2.24) is 9.78 Å². The van der Waals surface area contributed by atoms with Gasteiger partial charge < -0.3 is 9.75 Å². The van der Waals surface area contributed by atoms with Gasteiger partial charge in [0, 0.05) is 29.9 Å². The van der Waals surface area contributed by atoms with Crippen LogP contribution in [0.1, 0.15) is 18.1 Å². The smallest absolute Gasteiger partial charge is 0.233 e. The Morgan fingerprint density at radius 3 is 2.65 bits per heavy atom. The summed E-state index contributed by atoms with van der Waals surface area (Å²) in [6.45, 7) is 2.35. The molecule has 0 aliphatic carbocycles. The lowest BCUT2D eigenvalue weighted by atomic mass is 10.1. The van der Waals surface area contributed by atoms with Crippen molar-refractivity contribution in [3.05, 3.63) is 77.0 Å². The fraction of sp³-hybridized carbons (Fsp3) is 0.150. The van der Waals surface area contributed by atoms with Crippen LogP contribution in [0.2, 0.25) is 5.02 Å². The van der Waals surface area contributed by atoms with Crippen molar-refractivity contribution in [1.29, 1.82) is 0 Å². The van der Waals surface area contributed by atoms with Crippen molar-refractivity contribution in [2.45, 2.75) is 13.5 Å². The summed E-state index contributed by atoms with van der Waals surface area (Å²) in [6, 6.07) is 15.3. The van der Waals surface area contributed by atoms with Crippen LogP contribution in [0, 0.1) is 0 Å². The summed E-state index contributed by atoms with van der Waals surface area (Å²) in [5.41, 5.74) is 3.91. The molecule has 26 heavy (non-hydrogen) atoms. The average molecular weight is 369 g/mol. The number of halogens is 1. The third-order valence-electron chi connectivity index (χ3n) is 3.93. The minimum atomic E-state index is 0.370. The molecule has 6 heteroatoms. The number of allylic oxidation sites excluding steroid dienone is 1. The minimum absolute atomic E-state index is 0.370. The van der Waals surface area contributed by atoms with E-state index in [-0.39, 0.29) is 0 Å². The first-order chi connectivity index (χ1) is 12.6. The predicted molar refractivity (Wildman–Crippen MR) is 107 cm³/mol. The Kier molecular flexibility index (Phi) is 5.61. The number of anilines is 1. The molecule has 2 N–H and O–H groups in total. The molecular weight excluding hydrogens is 348 g/mol. The maximum atomic E-state index is 5.96. The quantitative estimate of drug-likeness (QED) is 0.516. The molecule has 5 nitrogen and oxygen atoms in total. The highest BCUT2D eigenvalue weighted by molar-refractivity contribution is 6.30. The molecule has 0 radical (unpaired) electrons. The second kappa shape index (κ2) is 8.08. The van der Waals surface area contributed by atoms with Crippen molar-refractivity contribution in [2.24, 2.45) is 5.84 Å². The van der Waals surface area contributed by atoms with E-state index < -0.39 is 0 Å². The van der Waals surface area contributed by atoms with Gasteiger partial charge in [0.15, 0.2) is 0 Å². The molecule has 3 rings (SSSR count). The van der Waals surface area contributed by atoms with Gasteiger partial charge in [-0.15, -0.1) is 5.10 Å². The molecule has 0 bridgehead atoms. The van der Waals surface area contributed by atoms with Gasteiger partial charge in [0.2, 0.25) is 5.88 Å². The first-order valence-electron chi connectivity index (χ1n) is 8.26. The third kappa shape index (κ3) is 4.07. The van der Waals surface area contributed by atoms with Crippen LogP contribution in [0.15, 0.2) is 60.8 Å². The molecular formula is C20H21ClN4O. The van der Waals surface area contributed by atoms with Gasteiger partial charge in [-0.05, 0) is 42.8 Å². The minimum Gasteiger partial charge on any atom is -0.472 e. The number of benzene rings is 2. The summed E-state index contributed by atoms with van der Waals surface area (Å²) >= 11 is 5.93. The Balaban J connectivity index is 1.80. The lowest BCUT2D eigenvalue weighted by Gasteiger charge is -2.19. The SMILES string of the molecule is C/C=C/c1cccc(N(C)N)c1COc1ccn(-c2ccc(Cl)cc2)n1. The summed E-state index contributed by atoms with van der Waals surface area (Å²) in [6.07, 6.45) is 5.89. The lowest BCUT2D eigenvalue weighted by molar-refractivity contribution is 0.292. The number of nitrogens with zero attached hydrogens (tertiary/aromatic N) is 3. The van der Waals surface area contributed by atoms with Gasteiger partial charge >= 0.3 is 0 Å². The Hall–Kier alpha value is -2.76. The second-order valence-electron chi connectivity index (χ2n) is 5.82. The van der Waals surface area contributed by atoms with Crippen molar-refractivity contribution >= 4 is 23.4 Å². The number of nitrogens with two attached hydrogens (primary N) is 1. The summed E-state index contributed by atoms with van der Waals surface area (Å²) < 4.78 is 7.67. The van der Waals surface area contributed by atoms with E-state index in [0.717, 1.165) is 22.5 Å². The zero-order chi connectivity index (χ0) is 18.5. The average Bonchev–Trinajstić information content (AvgIpc) is 3.10. The van der Waals surface area contributed by atoms with Crippen molar-refractivity contribution in [3.63, 3.8) is 0 Å². The van der Waals surface area contributed by atoms with E-state index in [1.165, 1.54) is 0 Å². The van der Waals surface area contributed by atoms with Gasteiger partial charge in [-0.1, -0.05) is 35.9 Å². The summed E-state index contributed by atoms with van der Waals surface area (Å²) in [5, 5.41) is 6.75. The summed E-state index contributed by atoms with van der Waals surface area (Å²) in [4.78, 5) is 0. The number of hydrogen-bond donors (Lipinski definition) is 1. The Morgan fingerprint density at radius 1 is 1.19 bits per heavy atom. The standard InChI is InChI=1S/C20H21ClN4O/c1-3-5-15-6-4-7-19(24(2)22)18(15)14-26-20-12-13-25(23-20)17-10-8-16(21)9-11-17/h3-13H,14,22H2,1-2H3/b5-3+. The molecule has 0 amide bonds. The van der Waals surface area contributed by atoms with Gasteiger partial charge in [0.1, 0.15) is 6.61 Å². The molecule has 3 aromatic rings. The maximum absolute atomic E-state index is 5.96. The molecule has 2 aromatic carbocycles. The van der Waals surface area contributed by atoms with E-state index in [2.05, 4.69) is 5.10 Å². The first-order valence-corrected chi connectivity index (χ1v) is 8.63. The third-order valence-corrected chi connectivity index (χ3v) is 4.19. The molecule has 0 aliphatic heterocycles. The molecule has 0 saturated heterocycles. The van der Waals surface area contributed by atoms with Gasteiger partial charge in [-0.25, -0.2) is 10.5 Å². The zero-order valence-electron chi connectivity index (χ0n) is 14.8. The van der Waals surface area contributed by atoms with Gasteiger partial charge in [0.05, 0.1) is 11.4 Å². The molecule has 0 aliphatic rings. The molecule has 1 heterocycles. The van der Waals surface area contributed by atoms with Crippen LogP contribution in [-0.4, -0.2) is 16.8 Å². The van der Waals surface area contributed by atoms with E-state index in [0.29, 0.717) is 17.5 Å². The van der Waals surface area contributed by atoms with E-state index in [4.69, 9.17) is 22.2 Å². The first kappa shape index (κ1) is 18.0. The Bertz CT molecular complexity index is 900. The second-order valence-corrected chi connectivity index (χ2v) is 6.26. The Labute approximate surface area is 158 Å². The largest absolute Gasteiger partial charge is 0.472 e. The number of ether oxygens (including phenoxy) is 1. The molecule has 0 spiro atoms. The van der Waals surface area contributed by atoms with Crippen LogP contribution >= 0.6 is 11.6 Å². The fourth-order valence-corrected chi connectivity index (χ4v) is 2.81. The zero-order valence-corrected chi connectivity index (χ0v) is 15.5. The van der Waals surface area contributed by atoms with Gasteiger partial charge in [-0.3, -0.25) is 0 Å². The molecule has 0 unspecified atom stereocenters. The number of hydrogen-bond acceptors (Lipinski definition) is 4. The Morgan fingerprint density at radius 2 is 1.96 bits per heavy atom. The normalized spacial score (nSPS) is 11.1. The van der Waals surface area contributed by atoms with Crippen LogP contribution in [0.5, 0.6) is 5.88 Å². The van der Waals surface area contributed by atoms with Crippen molar-refractivity contribution in [2.75, 3.05) is 12.1 Å². The van der Waals surface area contributed by atoms with Crippen LogP contribution in [0.4, 0.5) is 5.69 Å². The van der Waals surface area contributed by atoms with E-state index in [9.17, 15) is 0 Å². The van der Waals surface area contributed by atoms with E-state index >= 15 is 0 Å². The molecule has 0 atom stereocenters. The van der Waals surface area contributed by atoms with E-state index in [1.54, 1.807) is 9.69 Å². The monoisotopic (exact) mass is 368 g/mol. The highest BCUT2D eigenvalue weighted by atomic mass is 35.5. The number of hydrazine groups is 1. The highest BCUT2D eigenvalue weighted by Crippen LogP contribution is 2.25. The van der Waals surface area contributed by atoms with Crippen LogP contribution in [-0.2, 0) is 6.61 Å². The highest BCUT2D eigenvalue weighted by Gasteiger charge is 2.11.